The van der Waals surface area contributed by atoms with Crippen molar-refractivity contribution in [1.82, 2.24) is 14.1 Å². The topological polar surface area (TPSA) is 66.8 Å². The van der Waals surface area contributed by atoms with Crippen LogP contribution in [0.15, 0.2) is 35.1 Å². The number of piperidine rings is 1. The quantitative estimate of drug-likeness (QED) is 0.680. The number of hydrogen-bond acceptors (Lipinski definition) is 4. The largest absolute Gasteiger partial charge is 0.342 e. The predicted molar refractivity (Wildman–Crippen MR) is 111 cm³/mol. The van der Waals surface area contributed by atoms with Crippen molar-refractivity contribution in [2.24, 2.45) is 13.0 Å². The number of hydrogen-bond donors (Lipinski definition) is 0. The van der Waals surface area contributed by atoms with E-state index >= 15 is 0 Å². The average molecular weight is 396 g/mol. The third kappa shape index (κ3) is 3.16. The summed E-state index contributed by atoms with van der Waals surface area (Å²) in [6.45, 7) is 4.50. The first kappa shape index (κ1) is 18.6. The van der Waals surface area contributed by atoms with Crippen LogP contribution < -0.4 is 10.5 Å². The van der Waals surface area contributed by atoms with E-state index in [0.717, 1.165) is 31.0 Å². The van der Waals surface area contributed by atoms with Gasteiger partial charge in [0.15, 0.2) is 0 Å². The van der Waals surface area contributed by atoms with E-state index in [-0.39, 0.29) is 5.56 Å². The Morgan fingerprint density at radius 2 is 2.14 bits per heavy atom. The second-order valence-electron chi connectivity index (χ2n) is 7.52. The van der Waals surface area contributed by atoms with Crippen LogP contribution in [0.3, 0.4) is 0 Å². The van der Waals surface area contributed by atoms with Crippen LogP contribution in [0.1, 0.15) is 31.0 Å². The zero-order valence-corrected chi connectivity index (χ0v) is 16.8. The highest BCUT2D eigenvalue weighted by Crippen LogP contribution is 2.28. The fourth-order valence-corrected chi connectivity index (χ4v) is 4.14. The van der Waals surface area contributed by atoms with Crippen LogP contribution in [0, 0.1) is 17.2 Å². The molecular formula is C21H22ClN5O. The molecule has 0 N–H and O–H groups in total. The molecular weight excluding hydrogens is 374 g/mol. The van der Waals surface area contributed by atoms with Gasteiger partial charge in [-0.05, 0) is 30.4 Å². The van der Waals surface area contributed by atoms with E-state index in [1.54, 1.807) is 13.1 Å². The van der Waals surface area contributed by atoms with Gasteiger partial charge >= 0.3 is 0 Å². The first-order valence-corrected chi connectivity index (χ1v) is 9.86. The zero-order chi connectivity index (χ0) is 19.8. The predicted octanol–water partition coefficient (Wildman–Crippen LogP) is 3.54. The van der Waals surface area contributed by atoms with Crippen molar-refractivity contribution in [1.29, 1.82) is 5.26 Å². The number of fused-ring (bicyclic) bond motifs is 1. The van der Waals surface area contributed by atoms with Crippen molar-refractivity contribution in [3.05, 3.63) is 57.0 Å². The average Bonchev–Trinajstić information content (AvgIpc) is 3.05. The van der Waals surface area contributed by atoms with Gasteiger partial charge in [-0.25, -0.2) is 4.98 Å². The van der Waals surface area contributed by atoms with Crippen LogP contribution in [-0.4, -0.2) is 27.2 Å². The van der Waals surface area contributed by atoms with E-state index in [1.807, 2.05) is 28.8 Å². The number of benzene rings is 1. The van der Waals surface area contributed by atoms with Crippen molar-refractivity contribution < 1.29 is 0 Å². The van der Waals surface area contributed by atoms with E-state index in [2.05, 4.69) is 17.9 Å². The standard InChI is InChI=1S/C21H22ClN5O/c1-14-6-5-9-26(12-14)21-24-18-10-16(11-23)25(2)20(28)19(18)27(21)13-15-7-3-4-8-17(15)22/h3-4,7-8,10,14H,5-6,9,12-13H2,1-2H3/t14-/m1/s1. The molecule has 0 radical (unpaired) electrons. The van der Waals surface area contributed by atoms with Gasteiger partial charge in [-0.1, -0.05) is 36.7 Å². The minimum atomic E-state index is -0.218. The summed E-state index contributed by atoms with van der Waals surface area (Å²) < 4.78 is 3.34. The number of aromatic nitrogens is 3. The molecule has 1 aromatic carbocycles. The SMILES string of the molecule is C[C@@H]1CCCN(c2nc3cc(C#N)n(C)c(=O)c3n2Cc2ccccc2Cl)C1. The Labute approximate surface area is 168 Å². The molecule has 3 aromatic rings. The minimum Gasteiger partial charge on any atom is -0.342 e. The lowest BCUT2D eigenvalue weighted by Crippen LogP contribution is -2.36. The molecule has 144 valence electrons. The highest BCUT2D eigenvalue weighted by atomic mass is 35.5. The molecule has 0 unspecified atom stereocenters. The van der Waals surface area contributed by atoms with Crippen molar-refractivity contribution in [2.45, 2.75) is 26.3 Å². The number of anilines is 1. The Balaban J connectivity index is 1.94. The van der Waals surface area contributed by atoms with Crippen molar-refractivity contribution >= 4 is 28.6 Å². The lowest BCUT2D eigenvalue weighted by molar-refractivity contribution is 0.439. The molecule has 3 heterocycles. The molecule has 0 amide bonds. The van der Waals surface area contributed by atoms with Crippen LogP contribution >= 0.6 is 11.6 Å². The third-order valence-corrected chi connectivity index (χ3v) is 5.83. The molecule has 1 saturated heterocycles. The van der Waals surface area contributed by atoms with Crippen LogP contribution in [0.2, 0.25) is 5.02 Å². The Hall–Kier alpha value is -2.78. The van der Waals surface area contributed by atoms with E-state index in [1.165, 1.54) is 11.0 Å². The molecule has 0 spiro atoms. The number of halogens is 1. The van der Waals surface area contributed by atoms with Gasteiger partial charge in [0.1, 0.15) is 17.3 Å². The molecule has 6 nitrogen and oxygen atoms in total. The number of imidazole rings is 1. The fourth-order valence-electron chi connectivity index (χ4n) is 3.95. The molecule has 2 aromatic heterocycles. The lowest BCUT2D eigenvalue weighted by atomic mass is 10.0. The molecule has 4 rings (SSSR count). The number of rotatable bonds is 3. The Morgan fingerprint density at radius 3 is 2.86 bits per heavy atom. The van der Waals surface area contributed by atoms with Crippen LogP contribution in [0.4, 0.5) is 5.95 Å². The second-order valence-corrected chi connectivity index (χ2v) is 7.93. The monoisotopic (exact) mass is 395 g/mol. The molecule has 0 aliphatic carbocycles. The first-order valence-electron chi connectivity index (χ1n) is 9.48. The van der Waals surface area contributed by atoms with E-state index in [4.69, 9.17) is 16.6 Å². The Bertz CT molecular complexity index is 1140. The van der Waals surface area contributed by atoms with E-state index in [9.17, 15) is 10.1 Å². The van der Waals surface area contributed by atoms with Gasteiger partial charge in [0.25, 0.3) is 5.56 Å². The molecule has 7 heteroatoms. The fraction of sp³-hybridized carbons (Fsp3) is 0.381. The summed E-state index contributed by atoms with van der Waals surface area (Å²) in [5, 5.41) is 10.0. The maximum atomic E-state index is 13.1. The normalized spacial score (nSPS) is 17.1. The summed E-state index contributed by atoms with van der Waals surface area (Å²) in [5.74, 6) is 1.34. The summed E-state index contributed by atoms with van der Waals surface area (Å²) in [6, 6.07) is 11.4. The zero-order valence-electron chi connectivity index (χ0n) is 16.0. The molecule has 0 saturated carbocycles. The number of pyridine rings is 1. The molecule has 0 bridgehead atoms. The van der Waals surface area contributed by atoms with Gasteiger partial charge in [-0.2, -0.15) is 5.26 Å². The number of nitriles is 1. The van der Waals surface area contributed by atoms with Crippen LogP contribution in [0.25, 0.3) is 11.0 Å². The smallest absolute Gasteiger partial charge is 0.277 e. The molecule has 1 fully saturated rings. The summed E-state index contributed by atoms with van der Waals surface area (Å²) in [6.07, 6.45) is 2.29. The highest BCUT2D eigenvalue weighted by molar-refractivity contribution is 6.31. The Morgan fingerprint density at radius 1 is 1.36 bits per heavy atom. The lowest BCUT2D eigenvalue weighted by Gasteiger charge is -2.32. The van der Waals surface area contributed by atoms with Gasteiger partial charge < -0.3 is 14.0 Å². The van der Waals surface area contributed by atoms with Gasteiger partial charge in [-0.3, -0.25) is 4.79 Å². The molecule has 1 atom stereocenters. The maximum absolute atomic E-state index is 13.1. The first-order chi connectivity index (χ1) is 13.5. The van der Waals surface area contributed by atoms with Crippen molar-refractivity contribution in [3.63, 3.8) is 0 Å². The summed E-state index contributed by atoms with van der Waals surface area (Å²) in [7, 11) is 1.62. The summed E-state index contributed by atoms with van der Waals surface area (Å²) in [5.41, 5.74) is 2.08. The van der Waals surface area contributed by atoms with Crippen molar-refractivity contribution in [2.75, 3.05) is 18.0 Å². The summed E-state index contributed by atoms with van der Waals surface area (Å²) in [4.78, 5) is 20.1. The van der Waals surface area contributed by atoms with Crippen LogP contribution in [-0.2, 0) is 13.6 Å². The third-order valence-electron chi connectivity index (χ3n) is 5.46. The van der Waals surface area contributed by atoms with E-state index in [0.29, 0.717) is 34.2 Å². The van der Waals surface area contributed by atoms with Crippen molar-refractivity contribution in [3.8, 4) is 6.07 Å². The summed E-state index contributed by atoms with van der Waals surface area (Å²) >= 11 is 6.40. The van der Waals surface area contributed by atoms with Gasteiger partial charge in [0.2, 0.25) is 5.95 Å². The van der Waals surface area contributed by atoms with Gasteiger partial charge in [0.05, 0.1) is 12.1 Å². The molecule has 1 aliphatic heterocycles. The Kier molecular flexibility index (Phi) is 4.86. The molecule has 1 aliphatic rings. The second kappa shape index (κ2) is 7.33. The van der Waals surface area contributed by atoms with Gasteiger partial charge in [0, 0.05) is 31.2 Å². The van der Waals surface area contributed by atoms with E-state index < -0.39 is 0 Å². The minimum absolute atomic E-state index is 0.218. The van der Waals surface area contributed by atoms with Crippen LogP contribution in [0.5, 0.6) is 0 Å². The maximum Gasteiger partial charge on any atom is 0.277 e. The molecule has 28 heavy (non-hydrogen) atoms. The van der Waals surface area contributed by atoms with Gasteiger partial charge in [-0.15, -0.1) is 0 Å². The highest BCUT2D eigenvalue weighted by Gasteiger charge is 2.25. The number of nitrogens with zero attached hydrogens (tertiary/aromatic N) is 5.